The van der Waals surface area contributed by atoms with E-state index in [0.29, 0.717) is 30.5 Å². The van der Waals surface area contributed by atoms with E-state index in [1.807, 2.05) is 15.5 Å². The Kier molecular flexibility index (Phi) is 8.02. The first kappa shape index (κ1) is 24.7. The van der Waals surface area contributed by atoms with Crippen LogP contribution in [0, 0.1) is 25.6 Å². The molecule has 10 heteroatoms. The third kappa shape index (κ3) is 6.60. The maximum Gasteiger partial charge on any atom is 0.319 e. The molecule has 0 saturated carbocycles. The van der Waals surface area contributed by atoms with Crippen LogP contribution >= 0.6 is 11.8 Å². The Morgan fingerprint density at radius 2 is 2.03 bits per heavy atom. The van der Waals surface area contributed by atoms with Crippen molar-refractivity contribution >= 4 is 29.4 Å². The number of urea groups is 1. The van der Waals surface area contributed by atoms with Gasteiger partial charge in [-0.25, -0.2) is 9.18 Å². The summed E-state index contributed by atoms with van der Waals surface area (Å²) in [4.78, 5) is 26.9. The normalized spacial score (nSPS) is 15.6. The molecule has 8 nitrogen and oxygen atoms in total. The Morgan fingerprint density at radius 1 is 1.17 bits per heavy atom. The zero-order valence-corrected chi connectivity index (χ0v) is 20.6. The van der Waals surface area contributed by atoms with Gasteiger partial charge >= 0.3 is 6.03 Å². The SMILES string of the molecule is Cc1ccc(-n2cnnc2SCC(=O)N2CCCC(CNC(=O)Nc3cccc(F)c3)C2)cc1C. The highest BCUT2D eigenvalue weighted by molar-refractivity contribution is 7.99. The predicted octanol–water partition coefficient (Wildman–Crippen LogP) is 4.18. The van der Waals surface area contributed by atoms with Gasteiger partial charge in [-0.05, 0) is 74.1 Å². The van der Waals surface area contributed by atoms with Crippen molar-refractivity contribution in [1.29, 1.82) is 0 Å². The van der Waals surface area contributed by atoms with Gasteiger partial charge in [0.1, 0.15) is 12.1 Å². The number of rotatable bonds is 7. The van der Waals surface area contributed by atoms with Crippen molar-refractivity contribution in [3.63, 3.8) is 0 Å². The first-order valence-corrected chi connectivity index (χ1v) is 12.6. The Labute approximate surface area is 208 Å². The molecule has 4 rings (SSSR count). The second-order valence-corrected chi connectivity index (χ2v) is 9.68. The number of nitrogens with zero attached hydrogens (tertiary/aromatic N) is 4. The van der Waals surface area contributed by atoms with Crippen LogP contribution in [0.4, 0.5) is 14.9 Å². The van der Waals surface area contributed by atoms with E-state index in [1.54, 1.807) is 12.4 Å². The van der Waals surface area contributed by atoms with Crippen molar-refractivity contribution in [3.05, 3.63) is 65.7 Å². The molecule has 2 heterocycles. The molecule has 1 aromatic heterocycles. The number of amides is 3. The second-order valence-electron chi connectivity index (χ2n) is 8.73. The average Bonchev–Trinajstić information content (AvgIpc) is 3.32. The maximum atomic E-state index is 13.3. The largest absolute Gasteiger partial charge is 0.342 e. The number of piperidine rings is 1. The number of hydrogen-bond acceptors (Lipinski definition) is 5. The first-order valence-electron chi connectivity index (χ1n) is 11.6. The van der Waals surface area contributed by atoms with Crippen LogP contribution in [0.3, 0.4) is 0 Å². The van der Waals surface area contributed by atoms with Gasteiger partial charge in [-0.15, -0.1) is 10.2 Å². The Morgan fingerprint density at radius 3 is 2.83 bits per heavy atom. The van der Waals surface area contributed by atoms with Crippen LogP contribution in [0.5, 0.6) is 0 Å². The summed E-state index contributed by atoms with van der Waals surface area (Å²) in [6.45, 7) is 5.86. The standard InChI is InChI=1S/C25H29FN6O2S/c1-17-8-9-22(11-18(17)2)32-16-28-30-25(32)35-15-23(33)31-10-4-5-19(14-31)13-27-24(34)29-21-7-3-6-20(26)12-21/h3,6-9,11-12,16,19H,4-5,10,13-15H2,1-2H3,(H2,27,29,34). The number of carbonyl (C=O) groups is 2. The van der Waals surface area contributed by atoms with Crippen LogP contribution in [-0.4, -0.2) is 57.0 Å². The van der Waals surface area contributed by atoms with E-state index in [0.717, 1.165) is 18.5 Å². The topological polar surface area (TPSA) is 92.2 Å². The second kappa shape index (κ2) is 11.4. The average molecular weight is 497 g/mol. The molecule has 3 aromatic rings. The van der Waals surface area contributed by atoms with E-state index in [4.69, 9.17) is 0 Å². The van der Waals surface area contributed by atoms with E-state index < -0.39 is 5.82 Å². The van der Waals surface area contributed by atoms with Crippen molar-refractivity contribution in [1.82, 2.24) is 25.0 Å². The van der Waals surface area contributed by atoms with E-state index in [9.17, 15) is 14.0 Å². The smallest absolute Gasteiger partial charge is 0.319 e. The lowest BCUT2D eigenvalue weighted by atomic mass is 9.98. The summed E-state index contributed by atoms with van der Waals surface area (Å²) >= 11 is 1.37. The predicted molar refractivity (Wildman–Crippen MR) is 134 cm³/mol. The van der Waals surface area contributed by atoms with Gasteiger partial charge in [0.05, 0.1) is 5.75 Å². The van der Waals surface area contributed by atoms with Gasteiger partial charge in [-0.1, -0.05) is 23.9 Å². The van der Waals surface area contributed by atoms with Gasteiger partial charge < -0.3 is 15.5 Å². The highest BCUT2D eigenvalue weighted by Gasteiger charge is 2.24. The molecule has 184 valence electrons. The number of halogens is 1. The zero-order valence-electron chi connectivity index (χ0n) is 19.8. The van der Waals surface area contributed by atoms with Crippen molar-refractivity contribution in [3.8, 4) is 5.69 Å². The van der Waals surface area contributed by atoms with Crippen LogP contribution in [0.25, 0.3) is 5.69 Å². The highest BCUT2D eigenvalue weighted by Crippen LogP contribution is 2.23. The molecule has 1 unspecified atom stereocenters. The lowest BCUT2D eigenvalue weighted by Crippen LogP contribution is -2.45. The summed E-state index contributed by atoms with van der Waals surface area (Å²) < 4.78 is 15.2. The number of benzene rings is 2. The molecule has 1 saturated heterocycles. The Bertz CT molecular complexity index is 1200. The van der Waals surface area contributed by atoms with E-state index in [-0.39, 0.29) is 23.6 Å². The summed E-state index contributed by atoms with van der Waals surface area (Å²) in [6, 6.07) is 11.5. The van der Waals surface area contributed by atoms with Gasteiger partial charge in [0.25, 0.3) is 0 Å². The van der Waals surface area contributed by atoms with Crippen molar-refractivity contribution in [2.45, 2.75) is 31.8 Å². The number of hydrogen-bond donors (Lipinski definition) is 2. The fraction of sp³-hybridized carbons (Fsp3) is 0.360. The summed E-state index contributed by atoms with van der Waals surface area (Å²) in [7, 11) is 0. The van der Waals surface area contributed by atoms with Crippen molar-refractivity contribution in [2.24, 2.45) is 5.92 Å². The Balaban J connectivity index is 1.26. The summed E-state index contributed by atoms with van der Waals surface area (Å²) in [6.07, 6.45) is 3.47. The molecule has 35 heavy (non-hydrogen) atoms. The summed E-state index contributed by atoms with van der Waals surface area (Å²) in [5, 5.41) is 14.4. The maximum absolute atomic E-state index is 13.3. The molecule has 0 bridgehead atoms. The number of aryl methyl sites for hydroxylation is 2. The highest BCUT2D eigenvalue weighted by atomic mass is 32.2. The number of aromatic nitrogens is 3. The van der Waals surface area contributed by atoms with Gasteiger partial charge in [0.15, 0.2) is 5.16 Å². The number of likely N-dealkylation sites (tertiary alicyclic amines) is 1. The van der Waals surface area contributed by atoms with E-state index >= 15 is 0 Å². The first-order chi connectivity index (χ1) is 16.9. The van der Waals surface area contributed by atoms with E-state index in [2.05, 4.69) is 46.8 Å². The number of carbonyl (C=O) groups excluding carboxylic acids is 2. The number of thioether (sulfide) groups is 1. The molecule has 3 amide bonds. The molecule has 0 aliphatic carbocycles. The van der Waals surface area contributed by atoms with Crippen LogP contribution in [0.2, 0.25) is 0 Å². The fourth-order valence-electron chi connectivity index (χ4n) is 4.03. The van der Waals surface area contributed by atoms with Gasteiger partial charge in [-0.3, -0.25) is 9.36 Å². The van der Waals surface area contributed by atoms with Crippen LogP contribution < -0.4 is 10.6 Å². The summed E-state index contributed by atoms with van der Waals surface area (Å²) in [5.74, 6) is 0.0621. The lowest BCUT2D eigenvalue weighted by Gasteiger charge is -2.32. The molecule has 2 aromatic carbocycles. The monoisotopic (exact) mass is 496 g/mol. The molecule has 1 fully saturated rings. The van der Waals surface area contributed by atoms with Crippen molar-refractivity contribution < 1.29 is 14.0 Å². The van der Waals surface area contributed by atoms with Crippen LogP contribution in [0.1, 0.15) is 24.0 Å². The minimum absolute atomic E-state index is 0.0403. The van der Waals surface area contributed by atoms with Gasteiger partial charge in [0, 0.05) is 31.0 Å². The lowest BCUT2D eigenvalue weighted by molar-refractivity contribution is -0.130. The third-order valence-electron chi connectivity index (χ3n) is 6.12. The molecule has 0 spiro atoms. The van der Waals surface area contributed by atoms with Gasteiger partial charge in [0.2, 0.25) is 5.91 Å². The van der Waals surface area contributed by atoms with Crippen LogP contribution in [0.15, 0.2) is 53.9 Å². The van der Waals surface area contributed by atoms with Crippen LogP contribution in [-0.2, 0) is 4.79 Å². The zero-order chi connectivity index (χ0) is 24.8. The quantitative estimate of drug-likeness (QED) is 0.479. The molecular weight excluding hydrogens is 467 g/mol. The molecule has 1 aliphatic heterocycles. The van der Waals surface area contributed by atoms with E-state index in [1.165, 1.54) is 41.1 Å². The fourth-order valence-corrected chi connectivity index (χ4v) is 4.86. The molecule has 1 aliphatic rings. The molecule has 1 atom stereocenters. The third-order valence-corrected chi connectivity index (χ3v) is 7.04. The molecular formula is C25H29FN6O2S. The minimum atomic E-state index is -0.408. The van der Waals surface area contributed by atoms with Gasteiger partial charge in [-0.2, -0.15) is 0 Å². The minimum Gasteiger partial charge on any atom is -0.342 e. The number of nitrogens with one attached hydrogen (secondary N) is 2. The summed E-state index contributed by atoms with van der Waals surface area (Å²) in [5.41, 5.74) is 3.76. The van der Waals surface area contributed by atoms with Crippen molar-refractivity contribution in [2.75, 3.05) is 30.7 Å². The number of anilines is 1. The molecule has 0 radical (unpaired) electrons. The Hall–Kier alpha value is -3.40. The molecule has 2 N–H and O–H groups in total.